The highest BCUT2D eigenvalue weighted by molar-refractivity contribution is 7.99. The van der Waals surface area contributed by atoms with Crippen LogP contribution >= 0.6 is 23.4 Å². The van der Waals surface area contributed by atoms with Gasteiger partial charge >= 0.3 is 0 Å². The van der Waals surface area contributed by atoms with Crippen LogP contribution in [0.1, 0.15) is 11.4 Å². The maximum atomic E-state index is 8.83. The first-order valence-electron chi connectivity index (χ1n) is 7.60. The van der Waals surface area contributed by atoms with Crippen LogP contribution in [0.5, 0.6) is 5.75 Å². The lowest BCUT2D eigenvalue weighted by Crippen LogP contribution is -2.09. The lowest BCUT2D eigenvalue weighted by molar-refractivity contribution is 0.289. The van der Waals surface area contributed by atoms with Gasteiger partial charge in [0.25, 0.3) is 0 Å². The molecule has 0 unspecified atom stereocenters. The molecule has 1 heterocycles. The van der Waals surface area contributed by atoms with Crippen LogP contribution < -0.4 is 4.74 Å². The van der Waals surface area contributed by atoms with Crippen LogP contribution in [0.15, 0.2) is 59.8 Å². The highest BCUT2D eigenvalue weighted by Crippen LogP contribution is 2.21. The molecule has 5 nitrogen and oxygen atoms in total. The van der Waals surface area contributed by atoms with Gasteiger partial charge in [-0.15, -0.1) is 10.2 Å². The molecule has 0 aliphatic carbocycles. The van der Waals surface area contributed by atoms with Crippen LogP contribution in [0.3, 0.4) is 0 Å². The van der Waals surface area contributed by atoms with Gasteiger partial charge in [0.05, 0.1) is 18.4 Å². The molecule has 0 spiro atoms. The lowest BCUT2D eigenvalue weighted by atomic mass is 10.2. The van der Waals surface area contributed by atoms with E-state index in [1.54, 1.807) is 12.1 Å². The van der Waals surface area contributed by atoms with Crippen LogP contribution in [-0.4, -0.2) is 20.5 Å². The van der Waals surface area contributed by atoms with Crippen molar-refractivity contribution in [2.75, 3.05) is 5.75 Å². The first kappa shape index (κ1) is 17.3. The van der Waals surface area contributed by atoms with Crippen molar-refractivity contribution < 1.29 is 4.74 Å². The second-order valence-corrected chi connectivity index (χ2v) is 6.54. The Kier molecular flexibility index (Phi) is 5.94. The summed E-state index contributed by atoms with van der Waals surface area (Å²) >= 11 is 7.25. The van der Waals surface area contributed by atoms with Gasteiger partial charge < -0.3 is 4.74 Å². The summed E-state index contributed by atoms with van der Waals surface area (Å²) in [5, 5.41) is 18.6. The number of nitriles is 1. The van der Waals surface area contributed by atoms with E-state index in [9.17, 15) is 0 Å². The van der Waals surface area contributed by atoms with Crippen molar-refractivity contribution in [2.24, 2.45) is 0 Å². The van der Waals surface area contributed by atoms with E-state index in [0.29, 0.717) is 34.1 Å². The van der Waals surface area contributed by atoms with Gasteiger partial charge in [-0.3, -0.25) is 4.57 Å². The predicted octanol–water partition coefficient (Wildman–Crippen LogP) is 4.17. The van der Waals surface area contributed by atoms with Crippen LogP contribution in [0, 0.1) is 11.3 Å². The Morgan fingerprint density at radius 3 is 2.56 bits per heavy atom. The molecule has 3 rings (SSSR count). The summed E-state index contributed by atoms with van der Waals surface area (Å²) < 4.78 is 7.77. The van der Waals surface area contributed by atoms with E-state index in [1.807, 2.05) is 47.0 Å². The summed E-state index contributed by atoms with van der Waals surface area (Å²) in [5.41, 5.74) is 1.13. The predicted molar refractivity (Wildman–Crippen MR) is 97.7 cm³/mol. The molecule has 0 fully saturated rings. The first-order valence-corrected chi connectivity index (χ1v) is 8.97. The molecule has 0 radical (unpaired) electrons. The zero-order chi connectivity index (χ0) is 17.5. The van der Waals surface area contributed by atoms with Crippen LogP contribution in [0.2, 0.25) is 5.02 Å². The molecule has 2 aromatic carbocycles. The Hall–Kier alpha value is -2.49. The van der Waals surface area contributed by atoms with Crippen molar-refractivity contribution in [2.45, 2.75) is 18.3 Å². The standard InChI is InChI=1S/C18H15ClN4OS/c19-15-6-8-16(9-7-15)24-13-17-21-22-18(25-11-10-20)23(17)12-14-4-2-1-3-5-14/h1-9H,11-13H2. The van der Waals surface area contributed by atoms with Crippen LogP contribution in [0.25, 0.3) is 0 Å². The van der Waals surface area contributed by atoms with Crippen molar-refractivity contribution in [3.63, 3.8) is 0 Å². The minimum Gasteiger partial charge on any atom is -0.486 e. The zero-order valence-corrected chi connectivity index (χ0v) is 14.9. The molecule has 25 heavy (non-hydrogen) atoms. The van der Waals surface area contributed by atoms with Gasteiger partial charge in [0, 0.05) is 5.02 Å². The summed E-state index contributed by atoms with van der Waals surface area (Å²) in [7, 11) is 0. The smallest absolute Gasteiger partial charge is 0.192 e. The number of aromatic nitrogens is 3. The second kappa shape index (κ2) is 8.56. The van der Waals surface area contributed by atoms with E-state index < -0.39 is 0 Å². The Morgan fingerprint density at radius 2 is 1.84 bits per heavy atom. The molecule has 126 valence electrons. The Labute approximate surface area is 155 Å². The minimum atomic E-state index is 0.286. The van der Waals surface area contributed by atoms with E-state index in [4.69, 9.17) is 21.6 Å². The fourth-order valence-corrected chi connectivity index (χ4v) is 2.98. The number of thioether (sulfide) groups is 1. The second-order valence-electron chi connectivity index (χ2n) is 5.16. The average molecular weight is 371 g/mol. The summed E-state index contributed by atoms with van der Waals surface area (Å²) in [6, 6.07) is 19.3. The number of ether oxygens (including phenoxy) is 1. The molecule has 0 saturated heterocycles. The zero-order valence-electron chi connectivity index (χ0n) is 13.3. The summed E-state index contributed by atoms with van der Waals surface area (Å²) in [6.45, 7) is 0.912. The van der Waals surface area contributed by atoms with E-state index in [1.165, 1.54) is 11.8 Å². The summed E-state index contributed by atoms with van der Waals surface area (Å²) in [4.78, 5) is 0. The van der Waals surface area contributed by atoms with E-state index in [0.717, 1.165) is 5.56 Å². The van der Waals surface area contributed by atoms with Crippen molar-refractivity contribution in [3.8, 4) is 11.8 Å². The molecule has 0 aliphatic rings. The maximum Gasteiger partial charge on any atom is 0.192 e. The van der Waals surface area contributed by atoms with Crippen molar-refractivity contribution >= 4 is 23.4 Å². The fourth-order valence-electron chi connectivity index (χ4n) is 2.23. The first-order chi connectivity index (χ1) is 12.3. The van der Waals surface area contributed by atoms with E-state index in [-0.39, 0.29) is 6.61 Å². The molecule has 0 amide bonds. The number of benzene rings is 2. The number of halogens is 1. The third kappa shape index (κ3) is 4.75. The number of rotatable bonds is 7. The van der Waals surface area contributed by atoms with Gasteiger partial charge in [-0.25, -0.2) is 0 Å². The molecular weight excluding hydrogens is 356 g/mol. The largest absolute Gasteiger partial charge is 0.486 e. The molecule has 0 N–H and O–H groups in total. The van der Waals surface area contributed by atoms with Gasteiger partial charge in [0.1, 0.15) is 12.4 Å². The normalized spacial score (nSPS) is 10.4. The number of hydrogen-bond donors (Lipinski definition) is 0. The maximum absolute atomic E-state index is 8.83. The number of hydrogen-bond acceptors (Lipinski definition) is 5. The van der Waals surface area contributed by atoms with E-state index >= 15 is 0 Å². The molecule has 0 atom stereocenters. The molecule has 0 aliphatic heterocycles. The third-order valence-corrected chi connectivity index (χ3v) is 4.51. The number of nitrogens with zero attached hydrogens (tertiary/aromatic N) is 4. The molecule has 0 saturated carbocycles. The Bertz CT molecular complexity index is 859. The van der Waals surface area contributed by atoms with Crippen molar-refractivity contribution in [3.05, 3.63) is 71.0 Å². The molecule has 0 bridgehead atoms. The molecule has 7 heteroatoms. The van der Waals surface area contributed by atoms with Crippen LogP contribution in [-0.2, 0) is 13.2 Å². The topological polar surface area (TPSA) is 63.7 Å². The quantitative estimate of drug-likeness (QED) is 0.584. The van der Waals surface area contributed by atoms with Crippen LogP contribution in [0.4, 0.5) is 0 Å². The summed E-state index contributed by atoms with van der Waals surface area (Å²) in [6.07, 6.45) is 0. The SMILES string of the molecule is N#CCSc1nnc(COc2ccc(Cl)cc2)n1Cc1ccccc1. The monoisotopic (exact) mass is 370 g/mol. The molecular formula is C18H15ClN4OS. The highest BCUT2D eigenvalue weighted by Gasteiger charge is 2.13. The average Bonchev–Trinajstić information content (AvgIpc) is 3.02. The third-order valence-electron chi connectivity index (χ3n) is 3.42. The fraction of sp³-hybridized carbons (Fsp3) is 0.167. The Balaban J connectivity index is 1.78. The van der Waals surface area contributed by atoms with Crippen molar-refractivity contribution in [1.29, 1.82) is 5.26 Å². The molecule has 1 aromatic heterocycles. The molecule has 3 aromatic rings. The lowest BCUT2D eigenvalue weighted by Gasteiger charge is -2.11. The Morgan fingerprint density at radius 1 is 1.08 bits per heavy atom. The highest BCUT2D eigenvalue weighted by atomic mass is 35.5. The van der Waals surface area contributed by atoms with Gasteiger partial charge in [0.15, 0.2) is 11.0 Å². The van der Waals surface area contributed by atoms with Crippen molar-refractivity contribution in [1.82, 2.24) is 14.8 Å². The van der Waals surface area contributed by atoms with Gasteiger partial charge in [-0.05, 0) is 29.8 Å². The summed E-state index contributed by atoms with van der Waals surface area (Å²) in [5.74, 6) is 1.74. The minimum absolute atomic E-state index is 0.286. The van der Waals surface area contributed by atoms with Gasteiger partial charge in [-0.1, -0.05) is 53.7 Å². The van der Waals surface area contributed by atoms with E-state index in [2.05, 4.69) is 16.3 Å². The van der Waals surface area contributed by atoms with Gasteiger partial charge in [-0.2, -0.15) is 5.26 Å². The van der Waals surface area contributed by atoms with Gasteiger partial charge in [0.2, 0.25) is 0 Å².